The van der Waals surface area contributed by atoms with Crippen LogP contribution in [-0.2, 0) is 85.4 Å². The van der Waals surface area contributed by atoms with E-state index in [0.29, 0.717) is 55.3 Å². The number of hydrogen-bond acceptors (Lipinski definition) is 8. The molecule has 14 bridgehead atoms. The van der Waals surface area contributed by atoms with Gasteiger partial charge in [-0.1, -0.05) is 72.8 Å². The van der Waals surface area contributed by atoms with Gasteiger partial charge in [-0.25, -0.2) is 33.7 Å². The number of rotatable bonds is 0. The van der Waals surface area contributed by atoms with Crippen molar-refractivity contribution in [2.75, 3.05) is 0 Å². The van der Waals surface area contributed by atoms with Gasteiger partial charge >= 0.3 is 0 Å². The molecule has 8 nitrogen and oxygen atoms in total. The molecule has 0 amide bonds. The number of sulfone groups is 4. The van der Waals surface area contributed by atoms with E-state index in [0.717, 1.165) is 43.1 Å². The third kappa shape index (κ3) is 7.16. The lowest BCUT2D eigenvalue weighted by Crippen LogP contribution is -2.15. The zero-order valence-electron chi connectivity index (χ0n) is 31.1. The van der Waals surface area contributed by atoms with Crippen molar-refractivity contribution in [3.63, 3.8) is 0 Å². The van der Waals surface area contributed by atoms with Crippen LogP contribution in [0.1, 0.15) is 44.5 Å². The van der Waals surface area contributed by atoms with E-state index in [2.05, 4.69) is 0 Å². The molecular formula is C46H36O8S4. The first-order valence-corrected chi connectivity index (χ1v) is 26.1. The van der Waals surface area contributed by atoms with E-state index in [9.17, 15) is 33.7 Å². The van der Waals surface area contributed by atoms with Crippen LogP contribution < -0.4 is 0 Å². The van der Waals surface area contributed by atoms with Crippen molar-refractivity contribution in [2.45, 2.75) is 46.0 Å². The van der Waals surface area contributed by atoms with Crippen molar-refractivity contribution in [1.29, 1.82) is 0 Å². The van der Waals surface area contributed by atoms with Gasteiger partial charge in [-0.05, 0) is 147 Å². The van der Waals surface area contributed by atoms with Crippen molar-refractivity contribution >= 4 is 93.2 Å². The van der Waals surface area contributed by atoms with Crippen LogP contribution >= 0.6 is 0 Å². The second-order valence-electron chi connectivity index (χ2n) is 16.1. The second kappa shape index (κ2) is 13.2. The molecule has 0 fully saturated rings. The van der Waals surface area contributed by atoms with Crippen molar-refractivity contribution in [3.8, 4) is 0 Å². The molecule has 12 heteroatoms. The summed E-state index contributed by atoms with van der Waals surface area (Å²) < 4.78 is 113. The van der Waals surface area contributed by atoms with Crippen molar-refractivity contribution in [3.05, 3.63) is 166 Å². The fourth-order valence-electron chi connectivity index (χ4n) is 8.89. The fourth-order valence-corrected chi connectivity index (χ4v) is 15.0. The molecule has 14 rings (SSSR count). The van der Waals surface area contributed by atoms with Crippen LogP contribution in [0, 0.1) is 0 Å². The highest BCUT2D eigenvalue weighted by atomic mass is 32.2. The summed E-state index contributed by atoms with van der Waals surface area (Å²) in [5.41, 5.74) is 3.34. The SMILES string of the molecule is O=S1(=O)Cc2ccc3ccc4ccc(cc4c3c2)CS(=O)(=O)Cc2cc3cc4c(cc3cc2CS(=O)(=O)Cc2ccc3ccc5ccc(cc5c3c2)CS(=O)(=O)C4)C1. The van der Waals surface area contributed by atoms with Gasteiger partial charge in [0.1, 0.15) is 0 Å². The molecular weight excluding hydrogens is 809 g/mol. The Kier molecular flexibility index (Phi) is 8.45. The van der Waals surface area contributed by atoms with Gasteiger partial charge in [-0.3, -0.25) is 0 Å². The van der Waals surface area contributed by atoms with Gasteiger partial charge in [-0.2, -0.15) is 0 Å². The summed E-state index contributed by atoms with van der Waals surface area (Å²) in [4.78, 5) is 0. The molecule has 58 heavy (non-hydrogen) atoms. The quantitative estimate of drug-likeness (QED) is 0.139. The van der Waals surface area contributed by atoms with E-state index in [1.807, 2.05) is 72.8 Å². The first-order valence-electron chi connectivity index (χ1n) is 18.8. The summed E-state index contributed by atoms with van der Waals surface area (Å²) >= 11 is 0. The average Bonchev–Trinajstić information content (AvgIpc) is 3.13. The molecule has 0 saturated carbocycles. The normalized spacial score (nSPS) is 18.6. The standard InChI is InChI=1S/C46H36O8S4/c47-55(48)21-29-1-5-33-9-10-34-6-2-30(14-44(34)43(33)13-29)22-56(49,50)27-42-20-38-18-40-26-57(51,52)23-31-3-7-35-11-12-36-8-4-32(16-46(36)45(35)15-31)24-58(53,54)28-41(42)19-37(38)17-39(40)25-55/h1-20H,21-28H2. The molecule has 0 aliphatic carbocycles. The Bertz CT molecular complexity index is 3110. The minimum Gasteiger partial charge on any atom is -0.228 e. The molecule has 0 radical (unpaired) electrons. The van der Waals surface area contributed by atoms with Crippen molar-refractivity contribution in [1.82, 2.24) is 0 Å². The third-order valence-electron chi connectivity index (χ3n) is 11.5. The molecule has 0 atom stereocenters. The minimum atomic E-state index is -3.89. The summed E-state index contributed by atoms with van der Waals surface area (Å²) in [5, 5.41) is 7.60. The van der Waals surface area contributed by atoms with Crippen LogP contribution in [0.15, 0.2) is 121 Å². The first-order chi connectivity index (χ1) is 27.5. The maximum absolute atomic E-state index is 14.2. The van der Waals surface area contributed by atoms with Gasteiger partial charge in [0.25, 0.3) is 0 Å². The Morgan fingerprint density at radius 1 is 0.241 bits per heavy atom. The third-order valence-corrected chi connectivity index (χ3v) is 17.6. The van der Waals surface area contributed by atoms with Crippen LogP contribution in [0.5, 0.6) is 0 Å². The first kappa shape index (κ1) is 37.2. The smallest absolute Gasteiger partial charge is 0.158 e. The Morgan fingerprint density at radius 3 is 0.672 bits per heavy atom. The summed E-state index contributed by atoms with van der Waals surface area (Å²) in [7, 11) is -15.6. The summed E-state index contributed by atoms with van der Waals surface area (Å²) in [5.74, 6) is -3.10. The lowest BCUT2D eigenvalue weighted by molar-refractivity contribution is 0.590. The maximum atomic E-state index is 14.2. The highest BCUT2D eigenvalue weighted by molar-refractivity contribution is 7.90. The van der Waals surface area contributed by atoms with Gasteiger partial charge < -0.3 is 0 Å². The molecule has 6 heterocycles. The monoisotopic (exact) mass is 844 g/mol. The highest BCUT2D eigenvalue weighted by Gasteiger charge is 2.25. The maximum Gasteiger partial charge on any atom is 0.158 e. The minimum absolute atomic E-state index is 0.290. The molecule has 0 aromatic heterocycles. The summed E-state index contributed by atoms with van der Waals surface area (Å²) in [6, 6.07) is 36.1. The summed E-state index contributed by atoms with van der Waals surface area (Å²) in [6.45, 7) is 0. The Labute approximate surface area is 336 Å². The van der Waals surface area contributed by atoms with E-state index >= 15 is 0 Å². The lowest BCUT2D eigenvalue weighted by atomic mass is 9.98. The van der Waals surface area contributed by atoms with Crippen LogP contribution in [-0.4, -0.2) is 33.7 Å². The van der Waals surface area contributed by atoms with Crippen LogP contribution in [0.3, 0.4) is 0 Å². The number of hydrogen-bond donors (Lipinski definition) is 0. The molecule has 292 valence electrons. The van der Waals surface area contributed by atoms with Crippen LogP contribution in [0.25, 0.3) is 53.9 Å². The van der Waals surface area contributed by atoms with E-state index in [-0.39, 0.29) is 23.0 Å². The molecule has 0 spiro atoms. The largest absolute Gasteiger partial charge is 0.228 e. The van der Waals surface area contributed by atoms with Gasteiger partial charge in [0, 0.05) is 0 Å². The van der Waals surface area contributed by atoms with E-state index in [1.54, 1.807) is 48.5 Å². The fraction of sp³-hybridized carbons (Fsp3) is 0.174. The van der Waals surface area contributed by atoms with E-state index in [4.69, 9.17) is 0 Å². The zero-order valence-corrected chi connectivity index (χ0v) is 34.4. The Morgan fingerprint density at radius 2 is 0.448 bits per heavy atom. The average molecular weight is 845 g/mol. The molecule has 6 aliphatic heterocycles. The predicted molar refractivity (Wildman–Crippen MR) is 232 cm³/mol. The van der Waals surface area contributed by atoms with Crippen LogP contribution in [0.2, 0.25) is 0 Å². The van der Waals surface area contributed by atoms with E-state index < -0.39 is 62.4 Å². The van der Waals surface area contributed by atoms with Crippen molar-refractivity contribution in [2.24, 2.45) is 0 Å². The predicted octanol–water partition coefficient (Wildman–Crippen LogP) is 8.54. The molecule has 0 N–H and O–H groups in total. The highest BCUT2D eigenvalue weighted by Crippen LogP contribution is 2.35. The van der Waals surface area contributed by atoms with Gasteiger partial charge in [0.15, 0.2) is 39.3 Å². The molecule has 0 saturated heterocycles. The molecule has 6 aliphatic rings. The van der Waals surface area contributed by atoms with Gasteiger partial charge in [0.05, 0.1) is 46.0 Å². The van der Waals surface area contributed by atoms with E-state index in [1.165, 1.54) is 0 Å². The second-order valence-corrected chi connectivity index (χ2v) is 24.3. The number of benzene rings is 8. The molecule has 8 aromatic carbocycles. The zero-order chi connectivity index (χ0) is 40.2. The summed E-state index contributed by atoms with van der Waals surface area (Å²) in [6.07, 6.45) is 0. The van der Waals surface area contributed by atoms with Crippen molar-refractivity contribution < 1.29 is 33.7 Å². The van der Waals surface area contributed by atoms with Crippen LogP contribution in [0.4, 0.5) is 0 Å². The molecule has 8 aromatic rings. The molecule has 0 unspecified atom stereocenters. The Balaban J connectivity index is 1.21. The Hall–Kier alpha value is -5.14. The van der Waals surface area contributed by atoms with Gasteiger partial charge in [-0.15, -0.1) is 0 Å². The van der Waals surface area contributed by atoms with Gasteiger partial charge in [0.2, 0.25) is 0 Å². The topological polar surface area (TPSA) is 137 Å². The lowest BCUT2D eigenvalue weighted by Gasteiger charge is -2.18.